The van der Waals surface area contributed by atoms with Crippen LogP contribution in [0.5, 0.6) is 5.75 Å². The van der Waals surface area contributed by atoms with Crippen molar-refractivity contribution in [3.63, 3.8) is 0 Å². The van der Waals surface area contributed by atoms with E-state index in [1.165, 1.54) is 18.2 Å². The van der Waals surface area contributed by atoms with Crippen molar-refractivity contribution in [3.05, 3.63) is 24.0 Å². The molecule has 0 radical (unpaired) electrons. The Balaban J connectivity index is 2.21. The number of ether oxygens (including phenoxy) is 1. The van der Waals surface area contributed by atoms with Crippen LogP contribution in [-0.4, -0.2) is 12.5 Å². The molecule has 1 aliphatic rings. The lowest BCUT2D eigenvalue weighted by atomic mass is 9.87. The molecule has 1 aromatic rings. The number of hydrogen-bond donors (Lipinski definition) is 1. The summed E-state index contributed by atoms with van der Waals surface area (Å²) >= 11 is 0. The van der Waals surface area contributed by atoms with E-state index in [-0.39, 0.29) is 11.7 Å². The summed E-state index contributed by atoms with van der Waals surface area (Å²) in [7, 11) is 0. The first-order valence-corrected chi connectivity index (χ1v) is 6.76. The third-order valence-corrected chi connectivity index (χ3v) is 3.60. The summed E-state index contributed by atoms with van der Waals surface area (Å²) in [6.45, 7) is 2.15. The Hall–Kier alpha value is -2.09. The predicted molar refractivity (Wildman–Crippen MR) is 72.7 cm³/mol. The van der Waals surface area contributed by atoms with Gasteiger partial charge in [0.25, 0.3) is 0 Å². The molecule has 0 saturated heterocycles. The highest BCUT2D eigenvalue weighted by Gasteiger charge is 2.41. The summed E-state index contributed by atoms with van der Waals surface area (Å²) in [5, 5.41) is 12.0. The average Bonchev–Trinajstić information content (AvgIpc) is 2.92. The number of carbonyl (C=O) groups is 1. The SMILES string of the molecule is CCOc1cc(F)ccc1NC(=O)C1(C#N)CCCC1. The van der Waals surface area contributed by atoms with Gasteiger partial charge in [0.15, 0.2) is 0 Å². The van der Waals surface area contributed by atoms with E-state index < -0.39 is 11.2 Å². The van der Waals surface area contributed by atoms with Crippen molar-refractivity contribution < 1.29 is 13.9 Å². The first kappa shape index (κ1) is 14.3. The molecule has 1 aromatic carbocycles. The van der Waals surface area contributed by atoms with Gasteiger partial charge in [0, 0.05) is 6.07 Å². The molecule has 1 N–H and O–H groups in total. The molecule has 1 saturated carbocycles. The molecule has 106 valence electrons. The lowest BCUT2D eigenvalue weighted by Crippen LogP contribution is -2.32. The van der Waals surface area contributed by atoms with E-state index in [2.05, 4.69) is 11.4 Å². The third-order valence-electron chi connectivity index (χ3n) is 3.60. The quantitative estimate of drug-likeness (QED) is 0.918. The minimum Gasteiger partial charge on any atom is -0.492 e. The number of anilines is 1. The van der Waals surface area contributed by atoms with E-state index in [9.17, 15) is 14.4 Å². The molecule has 0 aliphatic heterocycles. The van der Waals surface area contributed by atoms with Crippen molar-refractivity contribution in [1.82, 2.24) is 0 Å². The Morgan fingerprint density at radius 1 is 1.50 bits per heavy atom. The van der Waals surface area contributed by atoms with Crippen LogP contribution in [0.25, 0.3) is 0 Å². The highest BCUT2D eigenvalue weighted by atomic mass is 19.1. The molecule has 0 aromatic heterocycles. The van der Waals surface area contributed by atoms with Crippen LogP contribution in [0.4, 0.5) is 10.1 Å². The fraction of sp³-hybridized carbons (Fsp3) is 0.467. The van der Waals surface area contributed by atoms with Gasteiger partial charge in [-0.3, -0.25) is 4.79 Å². The van der Waals surface area contributed by atoms with Crippen LogP contribution >= 0.6 is 0 Å². The number of benzene rings is 1. The van der Waals surface area contributed by atoms with Crippen molar-refractivity contribution in [1.29, 1.82) is 5.26 Å². The van der Waals surface area contributed by atoms with Gasteiger partial charge in [0.05, 0.1) is 18.4 Å². The molecule has 1 fully saturated rings. The number of nitrogens with zero attached hydrogens (tertiary/aromatic N) is 1. The Morgan fingerprint density at radius 3 is 2.80 bits per heavy atom. The number of amides is 1. The van der Waals surface area contributed by atoms with Crippen molar-refractivity contribution in [3.8, 4) is 11.8 Å². The Kier molecular flexibility index (Phi) is 4.23. The molecule has 2 rings (SSSR count). The summed E-state index contributed by atoms with van der Waals surface area (Å²) in [5.41, 5.74) is -0.558. The standard InChI is InChI=1S/C15H17FN2O2/c1-2-20-13-9-11(16)5-6-12(13)18-14(19)15(10-17)7-3-4-8-15/h5-6,9H,2-4,7-8H2,1H3,(H,18,19). The summed E-state index contributed by atoms with van der Waals surface area (Å²) in [6.07, 6.45) is 2.90. The zero-order valence-corrected chi connectivity index (χ0v) is 11.4. The lowest BCUT2D eigenvalue weighted by Gasteiger charge is -2.20. The first-order chi connectivity index (χ1) is 9.61. The molecule has 1 amide bonds. The molecule has 5 heteroatoms. The number of hydrogen-bond acceptors (Lipinski definition) is 3. The highest BCUT2D eigenvalue weighted by molar-refractivity contribution is 5.98. The minimum absolute atomic E-state index is 0.284. The Morgan fingerprint density at radius 2 is 2.20 bits per heavy atom. The van der Waals surface area contributed by atoms with Gasteiger partial charge in [0.2, 0.25) is 5.91 Å². The van der Waals surface area contributed by atoms with E-state index in [0.717, 1.165) is 12.8 Å². The minimum atomic E-state index is -0.960. The van der Waals surface area contributed by atoms with Gasteiger partial charge in [-0.2, -0.15) is 5.26 Å². The van der Waals surface area contributed by atoms with Crippen LogP contribution in [0.15, 0.2) is 18.2 Å². The van der Waals surface area contributed by atoms with Crippen LogP contribution in [0.3, 0.4) is 0 Å². The van der Waals surface area contributed by atoms with Crippen LogP contribution in [0, 0.1) is 22.6 Å². The van der Waals surface area contributed by atoms with E-state index in [1.807, 2.05) is 0 Å². The first-order valence-electron chi connectivity index (χ1n) is 6.76. The molecular weight excluding hydrogens is 259 g/mol. The second-order valence-electron chi connectivity index (χ2n) is 4.93. The second-order valence-corrected chi connectivity index (χ2v) is 4.93. The predicted octanol–water partition coefficient (Wildman–Crippen LogP) is 3.25. The van der Waals surface area contributed by atoms with Crippen molar-refractivity contribution in [2.75, 3.05) is 11.9 Å². The van der Waals surface area contributed by atoms with E-state index >= 15 is 0 Å². The summed E-state index contributed by atoms with van der Waals surface area (Å²) in [5.74, 6) is -0.473. The number of rotatable bonds is 4. The lowest BCUT2D eigenvalue weighted by molar-refractivity contribution is -0.122. The van der Waals surface area contributed by atoms with E-state index in [0.29, 0.717) is 25.1 Å². The van der Waals surface area contributed by atoms with E-state index in [4.69, 9.17) is 4.74 Å². The van der Waals surface area contributed by atoms with Gasteiger partial charge in [-0.1, -0.05) is 12.8 Å². The monoisotopic (exact) mass is 276 g/mol. The third kappa shape index (κ3) is 2.74. The number of halogens is 1. The molecule has 0 atom stereocenters. The zero-order chi connectivity index (χ0) is 14.6. The molecular formula is C15H17FN2O2. The van der Waals surface area contributed by atoms with Crippen molar-refractivity contribution in [2.24, 2.45) is 5.41 Å². The Bertz CT molecular complexity index is 545. The second kappa shape index (κ2) is 5.91. The maximum absolute atomic E-state index is 13.2. The summed E-state index contributed by atoms with van der Waals surface area (Å²) in [6, 6.07) is 6.07. The van der Waals surface area contributed by atoms with Gasteiger partial charge in [-0.15, -0.1) is 0 Å². The molecule has 0 heterocycles. The van der Waals surface area contributed by atoms with Gasteiger partial charge >= 0.3 is 0 Å². The van der Waals surface area contributed by atoms with Gasteiger partial charge in [0.1, 0.15) is 17.0 Å². The normalized spacial score (nSPS) is 16.4. The topological polar surface area (TPSA) is 62.1 Å². The smallest absolute Gasteiger partial charge is 0.244 e. The summed E-state index contributed by atoms with van der Waals surface area (Å²) in [4.78, 5) is 12.3. The maximum atomic E-state index is 13.2. The molecule has 1 aliphatic carbocycles. The fourth-order valence-electron chi connectivity index (χ4n) is 2.48. The Labute approximate surface area is 117 Å². The average molecular weight is 276 g/mol. The summed E-state index contributed by atoms with van der Waals surface area (Å²) < 4.78 is 18.5. The zero-order valence-electron chi connectivity index (χ0n) is 11.4. The number of nitrogens with one attached hydrogen (secondary N) is 1. The van der Waals surface area contributed by atoms with E-state index in [1.54, 1.807) is 6.92 Å². The molecule has 20 heavy (non-hydrogen) atoms. The van der Waals surface area contributed by atoms with Crippen molar-refractivity contribution >= 4 is 11.6 Å². The number of nitriles is 1. The molecule has 0 bridgehead atoms. The maximum Gasteiger partial charge on any atom is 0.244 e. The highest BCUT2D eigenvalue weighted by Crippen LogP contribution is 2.39. The molecule has 0 spiro atoms. The van der Waals surface area contributed by atoms with Crippen LogP contribution in [-0.2, 0) is 4.79 Å². The molecule has 4 nitrogen and oxygen atoms in total. The molecule has 0 unspecified atom stereocenters. The van der Waals surface area contributed by atoms with Gasteiger partial charge in [-0.05, 0) is 31.9 Å². The van der Waals surface area contributed by atoms with Gasteiger partial charge in [-0.25, -0.2) is 4.39 Å². The largest absolute Gasteiger partial charge is 0.492 e. The number of carbonyl (C=O) groups excluding carboxylic acids is 1. The van der Waals surface area contributed by atoms with Crippen LogP contribution < -0.4 is 10.1 Å². The van der Waals surface area contributed by atoms with Crippen LogP contribution in [0.2, 0.25) is 0 Å². The van der Waals surface area contributed by atoms with Crippen molar-refractivity contribution in [2.45, 2.75) is 32.6 Å². The fourth-order valence-corrected chi connectivity index (χ4v) is 2.48. The van der Waals surface area contributed by atoms with Gasteiger partial charge < -0.3 is 10.1 Å². The van der Waals surface area contributed by atoms with Crippen LogP contribution in [0.1, 0.15) is 32.6 Å².